The van der Waals surface area contributed by atoms with Crippen molar-refractivity contribution in [3.05, 3.63) is 12.7 Å². The van der Waals surface area contributed by atoms with Crippen molar-refractivity contribution in [2.45, 2.75) is 25.3 Å². The second-order valence-electron chi connectivity index (χ2n) is 3.35. The topological polar surface area (TPSA) is 83.5 Å². The molecule has 2 unspecified atom stereocenters. The summed E-state index contributed by atoms with van der Waals surface area (Å²) >= 11 is 0. The number of aliphatic carboxylic acids is 1. The molecular weight excluding hydrogens is 230 g/mol. The molecule has 6 heteroatoms. The van der Waals surface area contributed by atoms with Gasteiger partial charge in [-0.15, -0.1) is 6.58 Å². The second kappa shape index (κ2) is 8.04. The molecule has 16 heavy (non-hydrogen) atoms. The van der Waals surface area contributed by atoms with Gasteiger partial charge in [0.2, 0.25) is 5.91 Å². The van der Waals surface area contributed by atoms with Crippen molar-refractivity contribution in [2.24, 2.45) is 0 Å². The summed E-state index contributed by atoms with van der Waals surface area (Å²) in [5.74, 6) is -1.16. The van der Waals surface area contributed by atoms with Gasteiger partial charge >= 0.3 is 5.97 Å². The van der Waals surface area contributed by atoms with Crippen molar-refractivity contribution in [2.75, 3.05) is 12.0 Å². The zero-order valence-electron chi connectivity index (χ0n) is 9.27. The lowest BCUT2D eigenvalue weighted by Crippen LogP contribution is -2.41. The first-order valence-corrected chi connectivity index (χ1v) is 6.63. The van der Waals surface area contributed by atoms with Gasteiger partial charge in [-0.05, 0) is 12.8 Å². The SMILES string of the molecule is C=CCCC(=O)NC(CCS(C)=O)C(=O)O. The maximum atomic E-state index is 11.3. The Balaban J connectivity index is 4.11. The number of carbonyl (C=O) groups excluding carboxylic acids is 1. The predicted octanol–water partition coefficient (Wildman–Crippen LogP) is 0.291. The number of rotatable bonds is 8. The fourth-order valence-corrected chi connectivity index (χ4v) is 1.61. The number of allylic oxidation sites excluding steroid dienone is 1. The fourth-order valence-electron chi connectivity index (χ4n) is 1.04. The molecule has 1 amide bonds. The molecule has 0 rings (SSSR count). The molecule has 0 aromatic rings. The molecule has 0 aliphatic rings. The van der Waals surface area contributed by atoms with Gasteiger partial charge in [-0.3, -0.25) is 9.00 Å². The summed E-state index contributed by atoms with van der Waals surface area (Å²) in [4.78, 5) is 22.1. The van der Waals surface area contributed by atoms with E-state index in [1.54, 1.807) is 6.08 Å². The van der Waals surface area contributed by atoms with Crippen LogP contribution in [0.15, 0.2) is 12.7 Å². The van der Waals surface area contributed by atoms with Crippen LogP contribution in [-0.4, -0.2) is 39.2 Å². The second-order valence-corrected chi connectivity index (χ2v) is 4.91. The Bertz CT molecular complexity index is 291. The highest BCUT2D eigenvalue weighted by Crippen LogP contribution is 1.97. The Morgan fingerprint density at radius 1 is 1.56 bits per heavy atom. The Morgan fingerprint density at radius 2 is 2.19 bits per heavy atom. The largest absolute Gasteiger partial charge is 0.480 e. The van der Waals surface area contributed by atoms with Gasteiger partial charge in [0.15, 0.2) is 0 Å². The lowest BCUT2D eigenvalue weighted by Gasteiger charge is -2.13. The van der Waals surface area contributed by atoms with Crippen LogP contribution in [0.3, 0.4) is 0 Å². The molecule has 0 saturated carbocycles. The molecule has 0 fully saturated rings. The lowest BCUT2D eigenvalue weighted by atomic mass is 10.2. The number of carbonyl (C=O) groups is 2. The molecule has 0 heterocycles. The normalized spacial score (nSPS) is 13.8. The van der Waals surface area contributed by atoms with Gasteiger partial charge in [0.25, 0.3) is 0 Å². The standard InChI is InChI=1S/C10H17NO4S/c1-3-4-5-9(12)11-8(10(13)14)6-7-16(2)15/h3,8H,1,4-7H2,2H3,(H,11,12)(H,13,14). The third kappa shape index (κ3) is 7.17. The van der Waals surface area contributed by atoms with Crippen LogP contribution in [-0.2, 0) is 20.4 Å². The van der Waals surface area contributed by atoms with E-state index in [9.17, 15) is 13.8 Å². The number of hydrogen-bond acceptors (Lipinski definition) is 3. The van der Waals surface area contributed by atoms with Gasteiger partial charge in [-0.2, -0.15) is 0 Å². The zero-order valence-corrected chi connectivity index (χ0v) is 10.1. The Labute approximate surface area is 97.4 Å². The Hall–Kier alpha value is -1.17. The first-order chi connectivity index (χ1) is 7.47. The third-order valence-electron chi connectivity index (χ3n) is 1.90. The van der Waals surface area contributed by atoms with E-state index in [4.69, 9.17) is 5.11 Å². The van der Waals surface area contributed by atoms with Gasteiger partial charge in [0, 0.05) is 29.2 Å². The maximum absolute atomic E-state index is 11.3. The summed E-state index contributed by atoms with van der Waals surface area (Å²) in [6, 6.07) is -0.957. The van der Waals surface area contributed by atoms with Gasteiger partial charge in [-0.25, -0.2) is 4.79 Å². The number of hydrogen-bond donors (Lipinski definition) is 2. The summed E-state index contributed by atoms with van der Waals surface area (Å²) in [5, 5.41) is 11.2. The van der Waals surface area contributed by atoms with E-state index in [-0.39, 0.29) is 24.5 Å². The minimum Gasteiger partial charge on any atom is -0.480 e. The van der Waals surface area contributed by atoms with Crippen LogP contribution in [0.4, 0.5) is 0 Å². The number of carboxylic acids is 1. The molecule has 0 radical (unpaired) electrons. The van der Waals surface area contributed by atoms with Crippen LogP contribution in [0, 0.1) is 0 Å². The summed E-state index contributed by atoms with van der Waals surface area (Å²) in [6.45, 7) is 3.47. The Morgan fingerprint density at radius 3 is 2.62 bits per heavy atom. The number of amides is 1. The van der Waals surface area contributed by atoms with Crippen molar-refractivity contribution in [1.29, 1.82) is 0 Å². The molecule has 2 N–H and O–H groups in total. The molecule has 0 bridgehead atoms. The van der Waals surface area contributed by atoms with Crippen LogP contribution in [0.25, 0.3) is 0 Å². The van der Waals surface area contributed by atoms with Gasteiger partial charge in [0.1, 0.15) is 6.04 Å². The molecular formula is C10H17NO4S. The highest BCUT2D eigenvalue weighted by Gasteiger charge is 2.19. The quantitative estimate of drug-likeness (QED) is 0.604. The van der Waals surface area contributed by atoms with E-state index < -0.39 is 22.8 Å². The summed E-state index contributed by atoms with van der Waals surface area (Å²) < 4.78 is 10.8. The summed E-state index contributed by atoms with van der Waals surface area (Å²) in [7, 11) is -1.05. The van der Waals surface area contributed by atoms with Crippen molar-refractivity contribution < 1.29 is 18.9 Å². The Kier molecular flexibility index (Phi) is 7.45. The van der Waals surface area contributed by atoms with Crippen molar-refractivity contribution >= 4 is 22.7 Å². The van der Waals surface area contributed by atoms with E-state index in [0.717, 1.165) is 0 Å². The van der Waals surface area contributed by atoms with Crippen molar-refractivity contribution in [3.63, 3.8) is 0 Å². The van der Waals surface area contributed by atoms with Crippen LogP contribution in [0.1, 0.15) is 19.3 Å². The van der Waals surface area contributed by atoms with Crippen LogP contribution >= 0.6 is 0 Å². The van der Waals surface area contributed by atoms with Gasteiger partial charge in [-0.1, -0.05) is 6.08 Å². The van der Waals surface area contributed by atoms with Crippen molar-refractivity contribution in [3.8, 4) is 0 Å². The highest BCUT2D eigenvalue weighted by molar-refractivity contribution is 7.84. The molecule has 5 nitrogen and oxygen atoms in total. The maximum Gasteiger partial charge on any atom is 0.326 e. The highest BCUT2D eigenvalue weighted by atomic mass is 32.2. The molecule has 0 spiro atoms. The smallest absolute Gasteiger partial charge is 0.326 e. The molecule has 0 aliphatic heterocycles. The number of carboxylic acid groups (broad SMARTS) is 1. The van der Waals surface area contributed by atoms with Crippen LogP contribution in [0.5, 0.6) is 0 Å². The summed E-state index contributed by atoms with van der Waals surface area (Å²) in [5.41, 5.74) is 0. The van der Waals surface area contributed by atoms with E-state index in [1.165, 1.54) is 6.26 Å². The molecule has 92 valence electrons. The van der Waals surface area contributed by atoms with Crippen LogP contribution in [0.2, 0.25) is 0 Å². The summed E-state index contributed by atoms with van der Waals surface area (Å²) in [6.07, 6.45) is 4.01. The molecule has 0 aromatic carbocycles. The van der Waals surface area contributed by atoms with Crippen molar-refractivity contribution in [1.82, 2.24) is 5.32 Å². The first kappa shape index (κ1) is 14.8. The average molecular weight is 247 g/mol. The number of nitrogens with one attached hydrogen (secondary N) is 1. The van der Waals surface area contributed by atoms with E-state index in [0.29, 0.717) is 6.42 Å². The average Bonchev–Trinajstić information content (AvgIpc) is 2.20. The zero-order chi connectivity index (χ0) is 12.6. The van der Waals surface area contributed by atoms with E-state index in [1.807, 2.05) is 0 Å². The molecule has 0 aromatic heterocycles. The predicted molar refractivity (Wildman–Crippen MR) is 62.5 cm³/mol. The van der Waals surface area contributed by atoms with E-state index >= 15 is 0 Å². The van der Waals surface area contributed by atoms with Gasteiger partial charge in [0.05, 0.1) is 0 Å². The fraction of sp³-hybridized carbons (Fsp3) is 0.600. The van der Waals surface area contributed by atoms with Crippen LogP contribution < -0.4 is 5.32 Å². The molecule has 2 atom stereocenters. The third-order valence-corrected chi connectivity index (χ3v) is 2.71. The molecule has 0 aliphatic carbocycles. The lowest BCUT2D eigenvalue weighted by molar-refractivity contribution is -0.141. The van der Waals surface area contributed by atoms with E-state index in [2.05, 4.69) is 11.9 Å². The first-order valence-electron chi connectivity index (χ1n) is 4.90. The minimum atomic E-state index is -1.10. The monoisotopic (exact) mass is 247 g/mol. The van der Waals surface area contributed by atoms with Gasteiger partial charge < -0.3 is 10.4 Å². The molecule has 0 saturated heterocycles. The minimum absolute atomic E-state index is 0.179.